The summed E-state index contributed by atoms with van der Waals surface area (Å²) in [4.78, 5) is 12.0. The Morgan fingerprint density at radius 2 is 2.00 bits per heavy atom. The molecule has 2 rings (SSSR count). The highest BCUT2D eigenvalue weighted by Crippen LogP contribution is 2.15. The molecule has 1 N–H and O–H groups in total. The number of hydrogen-bond acceptors (Lipinski definition) is 4. The van der Waals surface area contributed by atoms with Crippen LogP contribution >= 0.6 is 11.6 Å². The number of carbonyl (C=O) groups excluding carboxylic acids is 1. The van der Waals surface area contributed by atoms with Crippen LogP contribution in [0.1, 0.15) is 24.2 Å². The van der Waals surface area contributed by atoms with Gasteiger partial charge >= 0.3 is 0 Å². The fraction of sp³-hybridized carbons (Fsp3) is 0.533. The maximum absolute atomic E-state index is 12.3. The molecular weight excluding hydrogens is 340 g/mol. The van der Waals surface area contributed by atoms with Crippen LogP contribution in [0, 0.1) is 0 Å². The third kappa shape index (κ3) is 5.17. The Bertz CT molecular complexity index is 655. The van der Waals surface area contributed by atoms with E-state index in [1.54, 1.807) is 18.2 Å². The topological polar surface area (TPSA) is 75.7 Å². The van der Waals surface area contributed by atoms with E-state index < -0.39 is 10.0 Å². The van der Waals surface area contributed by atoms with Gasteiger partial charge < -0.3 is 10.1 Å². The van der Waals surface area contributed by atoms with Crippen LogP contribution < -0.4 is 5.32 Å². The van der Waals surface area contributed by atoms with Gasteiger partial charge in [0.2, 0.25) is 10.0 Å². The molecule has 0 unspecified atom stereocenters. The van der Waals surface area contributed by atoms with Crippen molar-refractivity contribution in [2.45, 2.75) is 26.1 Å². The van der Waals surface area contributed by atoms with Crippen LogP contribution in [0.2, 0.25) is 5.02 Å². The number of benzene rings is 1. The largest absolute Gasteiger partial charge is 0.373 e. The molecule has 0 spiro atoms. The molecule has 1 aromatic rings. The van der Waals surface area contributed by atoms with Gasteiger partial charge in [0.05, 0.1) is 18.0 Å². The lowest BCUT2D eigenvalue weighted by atomic mass is 10.2. The van der Waals surface area contributed by atoms with Gasteiger partial charge in [0.1, 0.15) is 0 Å². The first kappa shape index (κ1) is 18.2. The van der Waals surface area contributed by atoms with Crippen molar-refractivity contribution in [2.24, 2.45) is 0 Å². The van der Waals surface area contributed by atoms with Gasteiger partial charge in [-0.1, -0.05) is 17.7 Å². The van der Waals surface area contributed by atoms with Crippen molar-refractivity contribution in [2.75, 3.05) is 25.4 Å². The van der Waals surface area contributed by atoms with Crippen molar-refractivity contribution in [1.82, 2.24) is 9.62 Å². The molecular formula is C15H21ClN2O4S. The number of sulfonamides is 1. The molecule has 1 fully saturated rings. The molecule has 0 saturated carbocycles. The lowest BCUT2D eigenvalue weighted by Crippen LogP contribution is -2.49. The summed E-state index contributed by atoms with van der Waals surface area (Å²) in [6.07, 6.45) is -0.260. The highest BCUT2D eigenvalue weighted by atomic mass is 35.5. The van der Waals surface area contributed by atoms with E-state index >= 15 is 0 Å². The second kappa shape index (κ2) is 7.61. The molecule has 1 saturated heterocycles. The van der Waals surface area contributed by atoms with E-state index in [1.165, 1.54) is 10.4 Å². The van der Waals surface area contributed by atoms with Gasteiger partial charge in [-0.25, -0.2) is 8.42 Å². The number of morpholine rings is 1. The predicted molar refractivity (Wildman–Crippen MR) is 89.2 cm³/mol. The van der Waals surface area contributed by atoms with Crippen LogP contribution in [-0.4, -0.2) is 56.2 Å². The molecule has 128 valence electrons. The van der Waals surface area contributed by atoms with E-state index in [2.05, 4.69) is 5.32 Å². The number of rotatable bonds is 5. The van der Waals surface area contributed by atoms with Crippen LogP contribution in [0.25, 0.3) is 0 Å². The fourth-order valence-corrected chi connectivity index (χ4v) is 4.19. The van der Waals surface area contributed by atoms with Crippen LogP contribution in [0.4, 0.5) is 0 Å². The zero-order chi connectivity index (χ0) is 17.0. The summed E-state index contributed by atoms with van der Waals surface area (Å²) >= 11 is 5.83. The number of carbonyl (C=O) groups is 1. The molecule has 0 aromatic heterocycles. The van der Waals surface area contributed by atoms with Crippen LogP contribution in [0.15, 0.2) is 24.3 Å². The number of nitrogens with one attached hydrogen (secondary N) is 1. The molecule has 23 heavy (non-hydrogen) atoms. The van der Waals surface area contributed by atoms with E-state index in [-0.39, 0.29) is 30.4 Å². The second-order valence-corrected chi connectivity index (χ2v) is 8.18. The molecule has 1 aromatic carbocycles. The second-order valence-electron chi connectivity index (χ2n) is 5.66. The first-order valence-corrected chi connectivity index (χ1v) is 9.43. The van der Waals surface area contributed by atoms with Crippen molar-refractivity contribution in [3.63, 3.8) is 0 Å². The summed E-state index contributed by atoms with van der Waals surface area (Å²) in [6, 6.07) is 6.51. The molecule has 0 radical (unpaired) electrons. The highest BCUT2D eigenvalue weighted by Gasteiger charge is 2.30. The highest BCUT2D eigenvalue weighted by molar-refractivity contribution is 7.89. The van der Waals surface area contributed by atoms with E-state index in [0.717, 1.165) is 0 Å². The third-order valence-electron chi connectivity index (χ3n) is 3.51. The SMILES string of the molecule is C[C@@H]1CN(S(=O)(=O)CCNC(=O)c2cccc(Cl)c2)C[C@@H](C)O1. The maximum atomic E-state index is 12.3. The van der Waals surface area contributed by atoms with E-state index in [4.69, 9.17) is 16.3 Å². The van der Waals surface area contributed by atoms with Crippen LogP contribution in [0.5, 0.6) is 0 Å². The molecule has 2 atom stereocenters. The molecule has 1 aliphatic heterocycles. The lowest BCUT2D eigenvalue weighted by molar-refractivity contribution is -0.0440. The minimum Gasteiger partial charge on any atom is -0.373 e. The first-order valence-electron chi connectivity index (χ1n) is 7.45. The summed E-state index contributed by atoms with van der Waals surface area (Å²) in [5.41, 5.74) is 0.406. The number of amides is 1. The molecule has 1 aliphatic rings. The number of nitrogens with zero attached hydrogens (tertiary/aromatic N) is 1. The average molecular weight is 361 g/mol. The Balaban J connectivity index is 1.88. The molecule has 0 aliphatic carbocycles. The molecule has 8 heteroatoms. The zero-order valence-electron chi connectivity index (χ0n) is 13.2. The first-order chi connectivity index (χ1) is 10.8. The summed E-state index contributed by atoms with van der Waals surface area (Å²) < 4.78 is 31.7. The van der Waals surface area contributed by atoms with Crippen LogP contribution in [-0.2, 0) is 14.8 Å². The molecule has 1 amide bonds. The molecule has 0 bridgehead atoms. The van der Waals surface area contributed by atoms with E-state index in [0.29, 0.717) is 23.7 Å². The fourth-order valence-electron chi connectivity index (χ4n) is 2.51. The summed E-state index contributed by atoms with van der Waals surface area (Å²) in [5.74, 6) is -0.481. The normalized spacial score (nSPS) is 22.7. The Morgan fingerprint density at radius 3 is 2.61 bits per heavy atom. The smallest absolute Gasteiger partial charge is 0.251 e. The van der Waals surface area contributed by atoms with Crippen molar-refractivity contribution >= 4 is 27.5 Å². The standard InChI is InChI=1S/C15H21ClN2O4S/c1-11-9-18(10-12(2)22-11)23(20,21)7-6-17-15(19)13-4-3-5-14(16)8-13/h3-5,8,11-12H,6-7,9-10H2,1-2H3,(H,17,19)/t11-,12-/m1/s1. The monoisotopic (exact) mass is 360 g/mol. The van der Waals surface area contributed by atoms with Crippen molar-refractivity contribution < 1.29 is 17.9 Å². The van der Waals surface area contributed by atoms with Crippen molar-refractivity contribution in [3.8, 4) is 0 Å². The van der Waals surface area contributed by atoms with Gasteiger partial charge in [0.15, 0.2) is 0 Å². The zero-order valence-corrected chi connectivity index (χ0v) is 14.7. The lowest BCUT2D eigenvalue weighted by Gasteiger charge is -2.34. The summed E-state index contributed by atoms with van der Waals surface area (Å²) in [6.45, 7) is 4.43. The summed E-state index contributed by atoms with van der Waals surface area (Å²) in [7, 11) is -3.42. The number of hydrogen-bond donors (Lipinski definition) is 1. The van der Waals surface area contributed by atoms with Gasteiger partial charge in [-0.2, -0.15) is 4.31 Å². The minimum absolute atomic E-state index is 0.0494. The van der Waals surface area contributed by atoms with Gasteiger partial charge in [-0.15, -0.1) is 0 Å². The third-order valence-corrected chi connectivity index (χ3v) is 5.55. The van der Waals surface area contributed by atoms with Gasteiger partial charge in [0, 0.05) is 30.2 Å². The maximum Gasteiger partial charge on any atom is 0.251 e. The van der Waals surface area contributed by atoms with Crippen molar-refractivity contribution in [1.29, 1.82) is 0 Å². The van der Waals surface area contributed by atoms with Gasteiger partial charge in [0.25, 0.3) is 5.91 Å². The average Bonchev–Trinajstić information content (AvgIpc) is 2.46. The van der Waals surface area contributed by atoms with Crippen LogP contribution in [0.3, 0.4) is 0 Å². The minimum atomic E-state index is -3.42. The number of ether oxygens (including phenoxy) is 1. The van der Waals surface area contributed by atoms with Gasteiger partial charge in [-0.3, -0.25) is 4.79 Å². The quantitative estimate of drug-likeness (QED) is 0.863. The van der Waals surface area contributed by atoms with E-state index in [1.807, 2.05) is 13.8 Å². The summed E-state index contributed by atoms with van der Waals surface area (Å²) in [5, 5.41) is 3.07. The predicted octanol–water partition coefficient (Wildman–Crippen LogP) is 1.51. The molecule has 1 heterocycles. The Hall–Kier alpha value is -1.15. The Morgan fingerprint density at radius 1 is 1.35 bits per heavy atom. The Labute approximate surface area is 141 Å². The Kier molecular flexibility index (Phi) is 6.02. The number of halogens is 1. The van der Waals surface area contributed by atoms with E-state index in [9.17, 15) is 13.2 Å². The van der Waals surface area contributed by atoms with Gasteiger partial charge in [-0.05, 0) is 32.0 Å². The molecule has 6 nitrogen and oxygen atoms in total. The van der Waals surface area contributed by atoms with Crippen molar-refractivity contribution in [3.05, 3.63) is 34.9 Å².